The molecule has 1 heterocycles. The summed E-state index contributed by atoms with van der Waals surface area (Å²) in [6.07, 6.45) is 3.05. The molecular weight excluding hydrogens is 356 g/mol. The van der Waals surface area contributed by atoms with Gasteiger partial charge in [-0.2, -0.15) is 0 Å². The van der Waals surface area contributed by atoms with Gasteiger partial charge in [-0.05, 0) is 81.5 Å². The topological polar surface area (TPSA) is 24.8 Å². The summed E-state index contributed by atoms with van der Waals surface area (Å²) in [5.74, 6) is 1.18. The molecule has 1 aliphatic heterocycles. The van der Waals surface area contributed by atoms with Gasteiger partial charge < -0.3 is 9.64 Å². The Kier molecular flexibility index (Phi) is 5.53. The molecular formula is C23H29ClN2O. The fourth-order valence-electron chi connectivity index (χ4n) is 4.41. The maximum Gasteiger partial charge on any atom is 0.137 e. The number of nitrogens with zero attached hydrogens (tertiary/aromatic N) is 2. The highest BCUT2D eigenvalue weighted by atomic mass is 35.5. The number of methoxy groups -OCH3 is 1. The van der Waals surface area contributed by atoms with Crippen molar-refractivity contribution in [2.45, 2.75) is 58.5 Å². The van der Waals surface area contributed by atoms with E-state index < -0.39 is 0 Å². The number of aliphatic imine (C=N–C) groups is 1. The summed E-state index contributed by atoms with van der Waals surface area (Å²) in [6.45, 7) is 11.5. The second kappa shape index (κ2) is 7.55. The Morgan fingerprint density at radius 2 is 1.96 bits per heavy atom. The molecule has 0 saturated carbocycles. The predicted octanol–water partition coefficient (Wildman–Crippen LogP) is 6.60. The standard InChI is InChI=1S/C23H29ClN2O/c1-15(2)26-21-9-7-17(11-19(21)16(3)13-23(26,4)5)14-25-18-8-10-22(27-6)20(24)12-18/h7-12,14-16H,13H2,1-6H3. The van der Waals surface area contributed by atoms with Crippen LogP contribution in [0.4, 0.5) is 11.4 Å². The molecule has 144 valence electrons. The van der Waals surface area contributed by atoms with Gasteiger partial charge in [-0.25, -0.2) is 0 Å². The fourth-order valence-corrected chi connectivity index (χ4v) is 4.66. The Morgan fingerprint density at radius 1 is 1.22 bits per heavy atom. The second-order valence-electron chi connectivity index (χ2n) is 8.28. The maximum atomic E-state index is 6.19. The molecule has 0 aromatic heterocycles. The highest BCUT2D eigenvalue weighted by Gasteiger charge is 2.37. The van der Waals surface area contributed by atoms with Crippen LogP contribution in [0.15, 0.2) is 41.4 Å². The lowest BCUT2D eigenvalue weighted by Gasteiger charge is -2.50. The van der Waals surface area contributed by atoms with Crippen LogP contribution in [-0.2, 0) is 0 Å². The van der Waals surface area contributed by atoms with Gasteiger partial charge in [-0.3, -0.25) is 4.99 Å². The van der Waals surface area contributed by atoms with Gasteiger partial charge in [0.2, 0.25) is 0 Å². The number of ether oxygens (including phenoxy) is 1. The number of fused-ring (bicyclic) bond motifs is 1. The lowest BCUT2D eigenvalue weighted by Crippen LogP contribution is -2.51. The third-order valence-corrected chi connectivity index (χ3v) is 5.61. The average molecular weight is 385 g/mol. The number of hydrogen-bond donors (Lipinski definition) is 0. The molecule has 3 rings (SSSR count). The molecule has 4 heteroatoms. The van der Waals surface area contributed by atoms with Crippen LogP contribution in [0.5, 0.6) is 5.75 Å². The van der Waals surface area contributed by atoms with Crippen molar-refractivity contribution in [2.75, 3.05) is 12.0 Å². The van der Waals surface area contributed by atoms with Gasteiger partial charge in [0.15, 0.2) is 0 Å². The number of benzene rings is 2. The fraction of sp³-hybridized carbons (Fsp3) is 0.435. The van der Waals surface area contributed by atoms with Crippen molar-refractivity contribution in [3.05, 3.63) is 52.5 Å². The predicted molar refractivity (Wildman–Crippen MR) is 116 cm³/mol. The van der Waals surface area contributed by atoms with E-state index >= 15 is 0 Å². The highest BCUT2D eigenvalue weighted by molar-refractivity contribution is 6.32. The third kappa shape index (κ3) is 3.98. The van der Waals surface area contributed by atoms with Crippen LogP contribution in [0.1, 0.15) is 58.1 Å². The number of hydrogen-bond acceptors (Lipinski definition) is 3. The molecule has 27 heavy (non-hydrogen) atoms. The normalized spacial score (nSPS) is 18.8. The number of rotatable bonds is 4. The van der Waals surface area contributed by atoms with Crippen LogP contribution in [0.2, 0.25) is 5.02 Å². The molecule has 0 amide bonds. The molecule has 1 atom stereocenters. The van der Waals surface area contributed by atoms with Gasteiger partial charge in [-0.15, -0.1) is 0 Å². The summed E-state index contributed by atoms with van der Waals surface area (Å²) < 4.78 is 5.19. The van der Waals surface area contributed by atoms with Gasteiger partial charge in [0.05, 0.1) is 17.8 Å². The molecule has 0 bridgehead atoms. The Balaban J connectivity index is 1.92. The largest absolute Gasteiger partial charge is 0.495 e. The smallest absolute Gasteiger partial charge is 0.137 e. The second-order valence-corrected chi connectivity index (χ2v) is 8.68. The first kappa shape index (κ1) is 19.8. The van der Waals surface area contributed by atoms with Gasteiger partial charge in [0.25, 0.3) is 0 Å². The molecule has 0 spiro atoms. The molecule has 0 saturated heterocycles. The Labute approximate surface area is 168 Å². The van der Waals surface area contributed by atoms with E-state index in [0.717, 1.165) is 17.7 Å². The summed E-state index contributed by atoms with van der Waals surface area (Å²) in [5, 5.41) is 0.570. The summed E-state index contributed by atoms with van der Waals surface area (Å²) in [6, 6.07) is 12.7. The summed E-state index contributed by atoms with van der Waals surface area (Å²) >= 11 is 6.19. The first-order valence-corrected chi connectivity index (χ1v) is 9.91. The zero-order valence-corrected chi connectivity index (χ0v) is 17.8. The van der Waals surface area contributed by atoms with E-state index in [1.54, 1.807) is 7.11 Å². The Bertz CT molecular complexity index is 857. The monoisotopic (exact) mass is 384 g/mol. The van der Waals surface area contributed by atoms with E-state index in [-0.39, 0.29) is 5.54 Å². The number of anilines is 1. The van der Waals surface area contributed by atoms with Crippen molar-refractivity contribution in [3.8, 4) is 5.75 Å². The molecule has 1 aliphatic rings. The van der Waals surface area contributed by atoms with Crippen molar-refractivity contribution in [1.82, 2.24) is 0 Å². The first-order chi connectivity index (χ1) is 12.7. The van der Waals surface area contributed by atoms with Crippen molar-refractivity contribution >= 4 is 29.2 Å². The molecule has 0 aliphatic carbocycles. The SMILES string of the molecule is COc1ccc(N=Cc2ccc3c(c2)C(C)CC(C)(C)N3C(C)C)cc1Cl. The van der Waals surface area contributed by atoms with E-state index in [1.807, 2.05) is 24.4 Å². The van der Waals surface area contributed by atoms with Crippen LogP contribution >= 0.6 is 11.6 Å². The zero-order chi connectivity index (χ0) is 19.8. The minimum atomic E-state index is 0.163. The van der Waals surface area contributed by atoms with Crippen LogP contribution < -0.4 is 9.64 Å². The molecule has 2 aromatic carbocycles. The van der Waals surface area contributed by atoms with E-state index in [1.165, 1.54) is 11.3 Å². The summed E-state index contributed by atoms with van der Waals surface area (Å²) in [7, 11) is 1.61. The molecule has 0 radical (unpaired) electrons. The third-order valence-electron chi connectivity index (χ3n) is 5.31. The van der Waals surface area contributed by atoms with Crippen LogP contribution in [0.25, 0.3) is 0 Å². The van der Waals surface area contributed by atoms with Crippen molar-refractivity contribution < 1.29 is 4.74 Å². The molecule has 3 nitrogen and oxygen atoms in total. The minimum Gasteiger partial charge on any atom is -0.495 e. The van der Waals surface area contributed by atoms with E-state index in [4.69, 9.17) is 16.3 Å². The van der Waals surface area contributed by atoms with Crippen LogP contribution in [0, 0.1) is 0 Å². The van der Waals surface area contributed by atoms with Crippen LogP contribution in [0.3, 0.4) is 0 Å². The molecule has 1 unspecified atom stereocenters. The van der Waals surface area contributed by atoms with Gasteiger partial charge in [-0.1, -0.05) is 24.6 Å². The van der Waals surface area contributed by atoms with Gasteiger partial charge in [0, 0.05) is 23.5 Å². The van der Waals surface area contributed by atoms with Crippen molar-refractivity contribution in [3.63, 3.8) is 0 Å². The van der Waals surface area contributed by atoms with E-state index in [9.17, 15) is 0 Å². The van der Waals surface area contributed by atoms with E-state index in [2.05, 4.69) is 62.7 Å². The summed E-state index contributed by atoms with van der Waals surface area (Å²) in [5.41, 5.74) is 4.83. The first-order valence-electron chi connectivity index (χ1n) is 9.54. The van der Waals surface area contributed by atoms with Crippen molar-refractivity contribution in [1.29, 1.82) is 0 Å². The number of halogens is 1. The minimum absolute atomic E-state index is 0.163. The highest BCUT2D eigenvalue weighted by Crippen LogP contribution is 2.44. The lowest BCUT2D eigenvalue weighted by atomic mass is 9.79. The molecule has 2 aromatic rings. The van der Waals surface area contributed by atoms with E-state index in [0.29, 0.717) is 22.7 Å². The zero-order valence-electron chi connectivity index (χ0n) is 17.1. The average Bonchev–Trinajstić information content (AvgIpc) is 2.59. The molecule has 0 fully saturated rings. The van der Waals surface area contributed by atoms with Crippen molar-refractivity contribution in [2.24, 2.45) is 4.99 Å². The van der Waals surface area contributed by atoms with Gasteiger partial charge >= 0.3 is 0 Å². The maximum absolute atomic E-state index is 6.19. The quantitative estimate of drug-likeness (QED) is 0.554. The Morgan fingerprint density at radius 3 is 2.59 bits per heavy atom. The van der Waals surface area contributed by atoms with Crippen LogP contribution in [-0.4, -0.2) is 24.9 Å². The Hall–Kier alpha value is -2.00. The summed E-state index contributed by atoms with van der Waals surface area (Å²) in [4.78, 5) is 7.14. The van der Waals surface area contributed by atoms with Gasteiger partial charge in [0.1, 0.15) is 5.75 Å². The molecule has 0 N–H and O–H groups in total. The lowest BCUT2D eigenvalue weighted by molar-refractivity contribution is 0.356.